The number of carboxylic acids is 1. The van der Waals surface area contributed by atoms with E-state index in [2.05, 4.69) is 5.10 Å². The summed E-state index contributed by atoms with van der Waals surface area (Å²) in [5, 5.41) is 13.3. The number of hydrogen-bond acceptors (Lipinski definition) is 3. The molecule has 0 aliphatic heterocycles. The molecule has 1 N–H and O–H groups in total. The van der Waals surface area contributed by atoms with Crippen molar-refractivity contribution in [1.29, 1.82) is 0 Å². The van der Waals surface area contributed by atoms with E-state index in [1.54, 1.807) is 30.1 Å². The van der Waals surface area contributed by atoms with Crippen molar-refractivity contribution in [2.45, 2.75) is 11.4 Å². The van der Waals surface area contributed by atoms with E-state index in [9.17, 15) is 4.79 Å². The average Bonchev–Trinajstić information content (AvgIpc) is 2.84. The standard InChI is InChI=1S/C12H11ClN2O2S/c13-11-3-2-9(8-10(11)12(16)17)18-7-6-15-5-1-4-14-15/h1-5,8H,6-7H2,(H,16,17). The third-order valence-electron chi connectivity index (χ3n) is 2.32. The second-order valence-corrected chi connectivity index (χ2v) is 5.14. The van der Waals surface area contributed by atoms with Gasteiger partial charge in [-0.25, -0.2) is 4.79 Å². The lowest BCUT2D eigenvalue weighted by atomic mass is 10.2. The van der Waals surface area contributed by atoms with Gasteiger partial charge in [0.05, 0.1) is 17.1 Å². The molecule has 0 aliphatic rings. The molecule has 1 aromatic carbocycles. The zero-order valence-corrected chi connectivity index (χ0v) is 11.0. The van der Waals surface area contributed by atoms with Crippen molar-refractivity contribution in [2.24, 2.45) is 0 Å². The molecule has 0 saturated heterocycles. The Labute approximate surface area is 114 Å². The maximum atomic E-state index is 10.9. The minimum atomic E-state index is -1.01. The molecular formula is C12H11ClN2O2S. The summed E-state index contributed by atoms with van der Waals surface area (Å²) in [5.74, 6) is -0.183. The molecule has 0 saturated carbocycles. The lowest BCUT2D eigenvalue weighted by Crippen LogP contribution is -2.01. The normalized spacial score (nSPS) is 10.5. The number of aromatic nitrogens is 2. The fourth-order valence-electron chi connectivity index (χ4n) is 1.45. The van der Waals surface area contributed by atoms with Gasteiger partial charge in [-0.1, -0.05) is 11.6 Å². The van der Waals surface area contributed by atoms with Crippen molar-refractivity contribution in [3.8, 4) is 0 Å². The van der Waals surface area contributed by atoms with E-state index < -0.39 is 5.97 Å². The van der Waals surface area contributed by atoms with Crippen LogP contribution >= 0.6 is 23.4 Å². The lowest BCUT2D eigenvalue weighted by Gasteiger charge is -2.04. The van der Waals surface area contributed by atoms with Crippen LogP contribution in [0.3, 0.4) is 0 Å². The van der Waals surface area contributed by atoms with Crippen LogP contribution in [0.4, 0.5) is 0 Å². The molecule has 1 heterocycles. The highest BCUT2D eigenvalue weighted by molar-refractivity contribution is 7.99. The van der Waals surface area contributed by atoms with Gasteiger partial charge in [-0.05, 0) is 24.3 Å². The monoisotopic (exact) mass is 282 g/mol. The third-order valence-corrected chi connectivity index (χ3v) is 3.62. The summed E-state index contributed by atoms with van der Waals surface area (Å²) in [6, 6.07) is 6.90. The Morgan fingerprint density at radius 2 is 2.33 bits per heavy atom. The summed E-state index contributed by atoms with van der Waals surface area (Å²) >= 11 is 7.38. The first-order valence-electron chi connectivity index (χ1n) is 5.30. The second kappa shape index (κ2) is 5.93. The molecule has 94 valence electrons. The molecule has 0 fully saturated rings. The zero-order valence-electron chi connectivity index (χ0n) is 9.41. The van der Waals surface area contributed by atoms with Gasteiger partial charge in [0.2, 0.25) is 0 Å². The van der Waals surface area contributed by atoms with Crippen molar-refractivity contribution in [3.63, 3.8) is 0 Å². The van der Waals surface area contributed by atoms with Crippen LogP contribution in [0.25, 0.3) is 0 Å². The number of thioether (sulfide) groups is 1. The van der Waals surface area contributed by atoms with Gasteiger partial charge in [-0.3, -0.25) is 4.68 Å². The van der Waals surface area contributed by atoms with Gasteiger partial charge in [0, 0.05) is 23.0 Å². The Bertz CT molecular complexity index is 543. The van der Waals surface area contributed by atoms with Crippen molar-refractivity contribution in [3.05, 3.63) is 47.2 Å². The highest BCUT2D eigenvalue weighted by Crippen LogP contribution is 2.24. The quantitative estimate of drug-likeness (QED) is 0.857. The van der Waals surface area contributed by atoms with Crippen LogP contribution in [0.5, 0.6) is 0 Å². The predicted octanol–water partition coefficient (Wildman–Crippen LogP) is 3.03. The van der Waals surface area contributed by atoms with Crippen LogP contribution in [-0.4, -0.2) is 26.6 Å². The third kappa shape index (κ3) is 3.27. The van der Waals surface area contributed by atoms with E-state index in [-0.39, 0.29) is 10.6 Å². The summed E-state index contributed by atoms with van der Waals surface area (Å²) in [6.07, 6.45) is 3.63. The lowest BCUT2D eigenvalue weighted by molar-refractivity contribution is 0.0697. The zero-order chi connectivity index (χ0) is 13.0. The molecule has 18 heavy (non-hydrogen) atoms. The number of aryl methyl sites for hydroxylation is 1. The minimum absolute atomic E-state index is 0.140. The molecule has 6 heteroatoms. The molecule has 4 nitrogen and oxygen atoms in total. The summed E-state index contributed by atoms with van der Waals surface area (Å²) < 4.78 is 1.83. The Kier molecular flexibility index (Phi) is 4.28. The number of hydrogen-bond donors (Lipinski definition) is 1. The molecule has 0 amide bonds. The molecular weight excluding hydrogens is 272 g/mol. The topological polar surface area (TPSA) is 55.1 Å². The highest BCUT2D eigenvalue weighted by atomic mass is 35.5. The molecule has 2 aromatic rings. The van der Waals surface area contributed by atoms with E-state index in [4.69, 9.17) is 16.7 Å². The average molecular weight is 283 g/mol. The molecule has 0 atom stereocenters. The van der Waals surface area contributed by atoms with Gasteiger partial charge in [0.25, 0.3) is 0 Å². The van der Waals surface area contributed by atoms with Crippen LogP contribution in [0.2, 0.25) is 5.02 Å². The van der Waals surface area contributed by atoms with Gasteiger partial charge in [0.15, 0.2) is 0 Å². The SMILES string of the molecule is O=C(O)c1cc(SCCn2cccn2)ccc1Cl. The maximum absolute atomic E-state index is 10.9. The van der Waals surface area contributed by atoms with Gasteiger partial charge in [-0.15, -0.1) is 11.8 Å². The number of carbonyl (C=O) groups is 1. The molecule has 0 spiro atoms. The number of rotatable bonds is 5. The Morgan fingerprint density at radius 1 is 1.50 bits per heavy atom. The molecule has 0 aliphatic carbocycles. The van der Waals surface area contributed by atoms with Gasteiger partial charge < -0.3 is 5.11 Å². The second-order valence-electron chi connectivity index (χ2n) is 3.56. The molecule has 0 radical (unpaired) electrons. The number of halogens is 1. The summed E-state index contributed by atoms with van der Waals surface area (Å²) in [4.78, 5) is 11.8. The van der Waals surface area contributed by atoms with Crippen molar-refractivity contribution in [2.75, 3.05) is 5.75 Å². The summed E-state index contributed by atoms with van der Waals surface area (Å²) in [7, 11) is 0. The molecule has 2 rings (SSSR count). The smallest absolute Gasteiger partial charge is 0.337 e. The number of nitrogens with zero attached hydrogens (tertiary/aromatic N) is 2. The van der Waals surface area contributed by atoms with Crippen molar-refractivity contribution >= 4 is 29.3 Å². The number of aromatic carboxylic acids is 1. The van der Waals surface area contributed by atoms with E-state index in [0.29, 0.717) is 0 Å². The number of carboxylic acid groups (broad SMARTS) is 1. The highest BCUT2D eigenvalue weighted by Gasteiger charge is 2.09. The van der Waals surface area contributed by atoms with Gasteiger partial charge in [-0.2, -0.15) is 5.10 Å². The largest absolute Gasteiger partial charge is 0.478 e. The Hall–Kier alpha value is -1.46. The summed E-state index contributed by atoms with van der Waals surface area (Å²) in [5.41, 5.74) is 0.140. The Balaban J connectivity index is 1.97. The first-order valence-corrected chi connectivity index (χ1v) is 6.66. The van der Waals surface area contributed by atoms with E-state index in [1.807, 2.05) is 23.0 Å². The first kappa shape index (κ1) is 13.0. The van der Waals surface area contributed by atoms with Crippen LogP contribution in [0, 0.1) is 0 Å². The van der Waals surface area contributed by atoms with Crippen LogP contribution < -0.4 is 0 Å². The fraction of sp³-hybridized carbons (Fsp3) is 0.167. The molecule has 0 bridgehead atoms. The Morgan fingerprint density at radius 3 is 3.00 bits per heavy atom. The van der Waals surface area contributed by atoms with Crippen molar-refractivity contribution in [1.82, 2.24) is 9.78 Å². The van der Waals surface area contributed by atoms with Gasteiger partial charge in [0.1, 0.15) is 0 Å². The fourth-order valence-corrected chi connectivity index (χ4v) is 2.53. The molecule has 0 unspecified atom stereocenters. The van der Waals surface area contributed by atoms with Gasteiger partial charge >= 0.3 is 5.97 Å². The van der Waals surface area contributed by atoms with Crippen LogP contribution in [0.15, 0.2) is 41.6 Å². The number of benzene rings is 1. The van der Waals surface area contributed by atoms with E-state index in [0.717, 1.165) is 17.2 Å². The molecule has 1 aromatic heterocycles. The predicted molar refractivity (Wildman–Crippen MR) is 71.4 cm³/mol. The van der Waals surface area contributed by atoms with E-state index >= 15 is 0 Å². The van der Waals surface area contributed by atoms with Crippen LogP contribution in [-0.2, 0) is 6.54 Å². The van der Waals surface area contributed by atoms with Crippen LogP contribution in [0.1, 0.15) is 10.4 Å². The minimum Gasteiger partial charge on any atom is -0.478 e. The summed E-state index contributed by atoms with van der Waals surface area (Å²) in [6.45, 7) is 0.780. The van der Waals surface area contributed by atoms with Crippen molar-refractivity contribution < 1.29 is 9.90 Å². The van der Waals surface area contributed by atoms with E-state index in [1.165, 1.54) is 0 Å². The maximum Gasteiger partial charge on any atom is 0.337 e. The first-order chi connectivity index (χ1) is 8.66.